The van der Waals surface area contributed by atoms with Crippen molar-refractivity contribution < 1.29 is 14.9 Å². The van der Waals surface area contributed by atoms with Crippen molar-refractivity contribution in [3.8, 4) is 0 Å². The summed E-state index contributed by atoms with van der Waals surface area (Å²) in [6.07, 6.45) is -1.87. The lowest BCUT2D eigenvalue weighted by molar-refractivity contribution is 0.0281. The summed E-state index contributed by atoms with van der Waals surface area (Å²) in [5.74, 6) is 0. The Morgan fingerprint density at radius 3 is 1.44 bits per heavy atom. The SMILES string of the molecule is C[C@@H]1O[C@H](C)[C@@H](O)[C@H]1O. The Morgan fingerprint density at radius 2 is 1.33 bits per heavy atom. The second-order valence-electron chi connectivity index (χ2n) is 2.53. The second-order valence-corrected chi connectivity index (χ2v) is 2.53. The van der Waals surface area contributed by atoms with Gasteiger partial charge in [-0.05, 0) is 13.8 Å². The highest BCUT2D eigenvalue weighted by Crippen LogP contribution is 2.19. The molecule has 2 N–H and O–H groups in total. The average molecular weight is 132 g/mol. The highest BCUT2D eigenvalue weighted by Gasteiger charge is 2.36. The van der Waals surface area contributed by atoms with Crippen LogP contribution in [0.2, 0.25) is 0 Å². The van der Waals surface area contributed by atoms with Crippen LogP contribution in [0.5, 0.6) is 0 Å². The Balaban J connectivity index is 2.54. The second kappa shape index (κ2) is 2.25. The zero-order valence-electron chi connectivity index (χ0n) is 5.61. The molecule has 1 fully saturated rings. The Bertz CT molecular complexity index is 92.5. The average Bonchev–Trinajstić information content (AvgIpc) is 1.98. The van der Waals surface area contributed by atoms with Gasteiger partial charge in [0.1, 0.15) is 12.2 Å². The van der Waals surface area contributed by atoms with Gasteiger partial charge in [-0.15, -0.1) is 0 Å². The van der Waals surface area contributed by atoms with Crippen LogP contribution < -0.4 is 0 Å². The summed E-state index contributed by atoms with van der Waals surface area (Å²) in [5.41, 5.74) is 0. The van der Waals surface area contributed by atoms with Gasteiger partial charge in [-0.25, -0.2) is 0 Å². The molecular weight excluding hydrogens is 120 g/mol. The first-order chi connectivity index (χ1) is 4.13. The molecule has 3 nitrogen and oxygen atoms in total. The molecule has 0 spiro atoms. The molecule has 0 unspecified atom stereocenters. The lowest BCUT2D eigenvalue weighted by Crippen LogP contribution is -2.30. The van der Waals surface area contributed by atoms with Crippen molar-refractivity contribution in [2.75, 3.05) is 0 Å². The first-order valence-electron chi connectivity index (χ1n) is 3.14. The number of aliphatic hydroxyl groups excluding tert-OH is 2. The molecule has 54 valence electrons. The van der Waals surface area contributed by atoms with Gasteiger partial charge < -0.3 is 14.9 Å². The van der Waals surface area contributed by atoms with Crippen LogP contribution in [0, 0.1) is 0 Å². The van der Waals surface area contributed by atoms with E-state index in [9.17, 15) is 0 Å². The highest BCUT2D eigenvalue weighted by atomic mass is 16.5. The van der Waals surface area contributed by atoms with Crippen molar-refractivity contribution >= 4 is 0 Å². The Morgan fingerprint density at radius 1 is 1.00 bits per heavy atom. The van der Waals surface area contributed by atoms with Crippen LogP contribution in [-0.2, 0) is 4.74 Å². The minimum atomic E-state index is -0.708. The van der Waals surface area contributed by atoms with Crippen LogP contribution in [0.25, 0.3) is 0 Å². The summed E-state index contributed by atoms with van der Waals surface area (Å²) in [5, 5.41) is 18.1. The fourth-order valence-electron chi connectivity index (χ4n) is 1.05. The third kappa shape index (κ3) is 1.08. The van der Waals surface area contributed by atoms with E-state index in [2.05, 4.69) is 0 Å². The van der Waals surface area contributed by atoms with Crippen molar-refractivity contribution in [2.45, 2.75) is 38.3 Å². The van der Waals surface area contributed by atoms with E-state index >= 15 is 0 Å². The molecule has 0 aromatic carbocycles. The maximum atomic E-state index is 9.06. The summed E-state index contributed by atoms with van der Waals surface area (Å²) < 4.78 is 5.09. The van der Waals surface area contributed by atoms with E-state index in [4.69, 9.17) is 14.9 Å². The zero-order valence-corrected chi connectivity index (χ0v) is 5.61. The Labute approximate surface area is 54.3 Å². The van der Waals surface area contributed by atoms with Crippen molar-refractivity contribution in [2.24, 2.45) is 0 Å². The highest BCUT2D eigenvalue weighted by molar-refractivity contribution is 4.85. The van der Waals surface area contributed by atoms with E-state index in [0.29, 0.717) is 0 Å². The van der Waals surface area contributed by atoms with Gasteiger partial charge in [0.2, 0.25) is 0 Å². The summed E-state index contributed by atoms with van der Waals surface area (Å²) in [6.45, 7) is 3.49. The smallest absolute Gasteiger partial charge is 0.108 e. The first kappa shape index (κ1) is 6.99. The molecule has 0 bridgehead atoms. The minimum Gasteiger partial charge on any atom is -0.388 e. The molecule has 4 atom stereocenters. The summed E-state index contributed by atoms with van der Waals surface area (Å²) in [6, 6.07) is 0. The van der Waals surface area contributed by atoms with Crippen LogP contribution in [0.15, 0.2) is 0 Å². The van der Waals surface area contributed by atoms with Crippen LogP contribution in [0.1, 0.15) is 13.8 Å². The largest absolute Gasteiger partial charge is 0.388 e. The number of hydrogen-bond acceptors (Lipinski definition) is 3. The van der Waals surface area contributed by atoms with Crippen LogP contribution >= 0.6 is 0 Å². The molecule has 0 radical (unpaired) electrons. The molecule has 1 saturated heterocycles. The van der Waals surface area contributed by atoms with Crippen LogP contribution in [0.3, 0.4) is 0 Å². The van der Waals surface area contributed by atoms with Crippen LogP contribution in [-0.4, -0.2) is 34.6 Å². The van der Waals surface area contributed by atoms with Crippen LogP contribution in [0.4, 0.5) is 0 Å². The standard InChI is InChI=1S/C6H12O3/c1-3-5(7)6(8)4(2)9-3/h3-8H,1-2H3/t3-,4+,5-,6+. The Hall–Kier alpha value is -0.120. The zero-order chi connectivity index (χ0) is 7.02. The Kier molecular flexibility index (Phi) is 1.75. The molecule has 0 aliphatic carbocycles. The van der Waals surface area contributed by atoms with Crippen molar-refractivity contribution in [3.05, 3.63) is 0 Å². The minimum absolute atomic E-state index is 0.227. The third-order valence-electron chi connectivity index (χ3n) is 1.74. The number of hydrogen-bond donors (Lipinski definition) is 2. The van der Waals surface area contributed by atoms with Crippen molar-refractivity contribution in [3.63, 3.8) is 0 Å². The molecule has 1 rings (SSSR count). The summed E-state index contributed by atoms with van der Waals surface area (Å²) in [4.78, 5) is 0. The molecular formula is C6H12O3. The number of aliphatic hydroxyl groups is 2. The monoisotopic (exact) mass is 132 g/mol. The number of rotatable bonds is 0. The first-order valence-corrected chi connectivity index (χ1v) is 3.14. The molecule has 0 saturated carbocycles. The summed E-state index contributed by atoms with van der Waals surface area (Å²) >= 11 is 0. The van der Waals surface area contributed by atoms with E-state index in [1.54, 1.807) is 13.8 Å². The molecule has 9 heavy (non-hydrogen) atoms. The molecule has 1 aliphatic rings. The van der Waals surface area contributed by atoms with Crippen molar-refractivity contribution in [1.29, 1.82) is 0 Å². The predicted molar refractivity (Wildman–Crippen MR) is 32.0 cm³/mol. The van der Waals surface area contributed by atoms with E-state index < -0.39 is 12.2 Å². The van der Waals surface area contributed by atoms with Gasteiger partial charge in [0.15, 0.2) is 0 Å². The third-order valence-corrected chi connectivity index (χ3v) is 1.74. The topological polar surface area (TPSA) is 49.7 Å². The van der Waals surface area contributed by atoms with E-state index in [1.807, 2.05) is 0 Å². The van der Waals surface area contributed by atoms with E-state index in [-0.39, 0.29) is 12.2 Å². The fourth-order valence-corrected chi connectivity index (χ4v) is 1.05. The molecule has 1 heterocycles. The lowest BCUT2D eigenvalue weighted by atomic mass is 10.1. The van der Waals surface area contributed by atoms with Gasteiger partial charge in [0.25, 0.3) is 0 Å². The van der Waals surface area contributed by atoms with Gasteiger partial charge >= 0.3 is 0 Å². The fraction of sp³-hybridized carbons (Fsp3) is 1.00. The molecule has 0 amide bonds. The van der Waals surface area contributed by atoms with E-state index in [0.717, 1.165) is 0 Å². The van der Waals surface area contributed by atoms with E-state index in [1.165, 1.54) is 0 Å². The maximum absolute atomic E-state index is 9.06. The quantitative estimate of drug-likeness (QED) is 0.468. The molecule has 3 heteroatoms. The van der Waals surface area contributed by atoms with Crippen molar-refractivity contribution in [1.82, 2.24) is 0 Å². The number of ether oxygens (including phenoxy) is 1. The normalized spacial score (nSPS) is 52.0. The van der Waals surface area contributed by atoms with Gasteiger partial charge in [-0.1, -0.05) is 0 Å². The molecule has 0 aromatic rings. The molecule has 1 aliphatic heterocycles. The molecule has 0 aromatic heterocycles. The van der Waals surface area contributed by atoms with Gasteiger partial charge in [0.05, 0.1) is 12.2 Å². The van der Waals surface area contributed by atoms with Gasteiger partial charge in [0, 0.05) is 0 Å². The maximum Gasteiger partial charge on any atom is 0.108 e. The lowest BCUT2D eigenvalue weighted by Gasteiger charge is -2.08. The van der Waals surface area contributed by atoms with Gasteiger partial charge in [-0.3, -0.25) is 0 Å². The summed E-state index contributed by atoms with van der Waals surface area (Å²) in [7, 11) is 0. The predicted octanol–water partition coefficient (Wildman–Crippen LogP) is -0.485. The van der Waals surface area contributed by atoms with Gasteiger partial charge in [-0.2, -0.15) is 0 Å².